The Morgan fingerprint density at radius 3 is 2.17 bits per heavy atom. The molecule has 2 bridgehead atoms. The van der Waals surface area contributed by atoms with Gasteiger partial charge in [-0.1, -0.05) is 13.8 Å². The number of rotatable bonds is 0. The third kappa shape index (κ3) is 3.71. The molecule has 10 rings (SSSR count). The van der Waals surface area contributed by atoms with E-state index in [0.717, 1.165) is 0 Å². The molecule has 0 saturated heterocycles. The van der Waals surface area contributed by atoms with Gasteiger partial charge in [-0.3, -0.25) is 9.59 Å². The molecule has 1 spiro atoms. The third-order valence-corrected chi connectivity index (χ3v) is 15.5. The van der Waals surface area contributed by atoms with Crippen molar-refractivity contribution in [3.05, 3.63) is 45.1 Å². The zero-order valence-electron chi connectivity index (χ0n) is 29.9. The van der Waals surface area contributed by atoms with Crippen LogP contribution >= 0.6 is 0 Å². The second kappa shape index (κ2) is 9.87. The average molecular weight is 735 g/mol. The van der Waals surface area contributed by atoms with Gasteiger partial charge in [-0.25, -0.2) is 14.4 Å². The summed E-state index contributed by atoms with van der Waals surface area (Å²) in [4.78, 5) is 66.2. The second-order valence-electron chi connectivity index (χ2n) is 17.7. The van der Waals surface area contributed by atoms with E-state index in [0.29, 0.717) is 29.6 Å². The summed E-state index contributed by atoms with van der Waals surface area (Å²) >= 11 is 0. The number of carbonyl (C=O) groups is 5. The first kappa shape index (κ1) is 33.7. The first-order valence-electron chi connectivity index (χ1n) is 18.5. The van der Waals surface area contributed by atoms with Crippen LogP contribution in [0.3, 0.4) is 0 Å². The van der Waals surface area contributed by atoms with Crippen molar-refractivity contribution in [2.45, 2.75) is 94.9 Å². The Balaban J connectivity index is 1.21. The van der Waals surface area contributed by atoms with E-state index in [-0.39, 0.29) is 84.9 Å². The van der Waals surface area contributed by atoms with Crippen molar-refractivity contribution in [3.63, 3.8) is 0 Å². The Labute approximate surface area is 303 Å². The van der Waals surface area contributed by atoms with Crippen molar-refractivity contribution in [3.8, 4) is 0 Å². The van der Waals surface area contributed by atoms with Gasteiger partial charge in [-0.2, -0.15) is 0 Å². The molecule has 4 N–H and O–H groups in total. The molecule has 3 heterocycles. The maximum absolute atomic E-state index is 14.4. The number of hydrogen-bond acceptors (Lipinski definition) is 14. The van der Waals surface area contributed by atoms with Gasteiger partial charge < -0.3 is 44.1 Å². The van der Waals surface area contributed by atoms with E-state index in [1.807, 2.05) is 6.92 Å². The van der Waals surface area contributed by atoms with E-state index >= 15 is 0 Å². The molecule has 5 fully saturated rings. The molecule has 13 atom stereocenters. The molecule has 3 aliphatic heterocycles. The van der Waals surface area contributed by atoms with E-state index in [2.05, 4.69) is 0 Å². The molecule has 0 aromatic carbocycles. The summed E-state index contributed by atoms with van der Waals surface area (Å²) in [5.41, 5.74) is -5.48. The summed E-state index contributed by atoms with van der Waals surface area (Å²) in [6, 6.07) is 0. The fourth-order valence-corrected chi connectivity index (χ4v) is 13.2. The highest BCUT2D eigenvalue weighted by Gasteiger charge is 2.87. The lowest BCUT2D eigenvalue weighted by atomic mass is 9.42. The van der Waals surface area contributed by atoms with Gasteiger partial charge in [-0.15, -0.1) is 0 Å². The standard InChI is InChI=1S/C39H42O14/c1-15-7-27(42)51-14-37(47)22-8-19(22)34(3)23(37)10-18-17(13-50-26(41)6-5-25(40)49-12-15)32(44)52-38(18)24(34)11-36(46)21-9-20(21)35(4)30(36)29(38)28-16(2)31(43)53-39(28,48)33(35)45/h7,19-24,33,45-48H,5-6,8-14H2,1-4H3. The topological polar surface area (TPSA) is 212 Å². The van der Waals surface area contributed by atoms with Crippen LogP contribution in [-0.2, 0) is 47.7 Å². The lowest BCUT2D eigenvalue weighted by Crippen LogP contribution is -2.69. The lowest BCUT2D eigenvalue weighted by molar-refractivity contribution is -0.244. The minimum absolute atomic E-state index is 0.00686. The van der Waals surface area contributed by atoms with Gasteiger partial charge in [0, 0.05) is 40.0 Å². The zero-order valence-corrected chi connectivity index (χ0v) is 29.9. The molecular formula is C39H42O14. The molecule has 0 radical (unpaired) electrons. The van der Waals surface area contributed by atoms with Gasteiger partial charge in [0.15, 0.2) is 5.60 Å². The molecule has 14 nitrogen and oxygen atoms in total. The number of ether oxygens (including phenoxy) is 5. The average Bonchev–Trinajstić information content (AvgIpc) is 4.01. The number of carbonyl (C=O) groups excluding carboxylic acids is 5. The van der Waals surface area contributed by atoms with E-state index in [1.54, 1.807) is 13.8 Å². The number of cyclic esters (lactones) is 3. The van der Waals surface area contributed by atoms with Crippen molar-refractivity contribution in [1.29, 1.82) is 0 Å². The normalized spacial score (nSPS) is 50.7. The maximum Gasteiger partial charge on any atom is 0.338 e. The van der Waals surface area contributed by atoms with Gasteiger partial charge in [0.05, 0.1) is 24.0 Å². The van der Waals surface area contributed by atoms with Crippen LogP contribution in [0.4, 0.5) is 0 Å². The Morgan fingerprint density at radius 1 is 0.774 bits per heavy atom. The molecule has 53 heavy (non-hydrogen) atoms. The fraction of sp³-hybridized carbons (Fsp3) is 0.667. The molecule has 0 aromatic heterocycles. The van der Waals surface area contributed by atoms with Crippen LogP contribution < -0.4 is 0 Å². The van der Waals surface area contributed by atoms with Crippen LogP contribution in [0.2, 0.25) is 0 Å². The summed E-state index contributed by atoms with van der Waals surface area (Å²) in [5, 5.41) is 50.2. The number of fused-ring (bicyclic) bond motifs is 9. The summed E-state index contributed by atoms with van der Waals surface area (Å²) in [6.45, 7) is 5.75. The van der Waals surface area contributed by atoms with E-state index in [4.69, 9.17) is 23.7 Å². The predicted molar refractivity (Wildman–Crippen MR) is 174 cm³/mol. The zero-order chi connectivity index (χ0) is 37.6. The van der Waals surface area contributed by atoms with Gasteiger partial charge >= 0.3 is 29.8 Å². The van der Waals surface area contributed by atoms with Gasteiger partial charge in [0.1, 0.15) is 31.5 Å². The van der Waals surface area contributed by atoms with Gasteiger partial charge in [-0.05, 0) is 85.3 Å². The molecular weight excluding hydrogens is 692 g/mol. The monoisotopic (exact) mass is 734 g/mol. The Morgan fingerprint density at radius 2 is 1.45 bits per heavy atom. The fourth-order valence-electron chi connectivity index (χ4n) is 13.2. The minimum atomic E-state index is -2.51. The van der Waals surface area contributed by atoms with E-state index in [1.165, 1.54) is 13.0 Å². The van der Waals surface area contributed by atoms with Crippen molar-refractivity contribution in [1.82, 2.24) is 0 Å². The predicted octanol–water partition coefficient (Wildman–Crippen LogP) is 0.995. The lowest BCUT2D eigenvalue weighted by Gasteiger charge is -2.64. The first-order valence-corrected chi connectivity index (χ1v) is 18.5. The molecule has 14 heteroatoms. The third-order valence-electron chi connectivity index (χ3n) is 15.5. The van der Waals surface area contributed by atoms with Crippen LogP contribution in [0.25, 0.3) is 0 Å². The highest BCUT2D eigenvalue weighted by molar-refractivity contribution is 5.98. The minimum Gasteiger partial charge on any atom is -0.461 e. The number of esters is 5. The van der Waals surface area contributed by atoms with E-state index < -0.39 is 87.8 Å². The number of aliphatic hydroxyl groups excluding tert-OH is 1. The molecule has 5 saturated carbocycles. The van der Waals surface area contributed by atoms with Crippen molar-refractivity contribution in [2.24, 2.45) is 46.3 Å². The van der Waals surface area contributed by atoms with Gasteiger partial charge in [0.25, 0.3) is 5.79 Å². The van der Waals surface area contributed by atoms with Crippen LogP contribution in [0, 0.1) is 46.3 Å². The molecule has 13 unspecified atom stereocenters. The van der Waals surface area contributed by atoms with Gasteiger partial charge in [0.2, 0.25) is 0 Å². The largest absolute Gasteiger partial charge is 0.461 e. The first-order chi connectivity index (χ1) is 24.9. The summed E-state index contributed by atoms with van der Waals surface area (Å²) in [5.74, 6) is -8.74. The van der Waals surface area contributed by atoms with Crippen LogP contribution in [-0.4, -0.2) is 98.8 Å². The number of hydrogen-bond donors (Lipinski definition) is 4. The Kier molecular flexibility index (Phi) is 6.27. The smallest absolute Gasteiger partial charge is 0.338 e. The molecule has 10 aliphatic rings. The van der Waals surface area contributed by atoms with Crippen molar-refractivity contribution in [2.75, 3.05) is 19.8 Å². The highest BCUT2D eigenvalue weighted by Crippen LogP contribution is 2.84. The molecule has 7 aliphatic carbocycles. The van der Waals surface area contributed by atoms with Crippen LogP contribution in [0.1, 0.15) is 66.2 Å². The second-order valence-corrected chi connectivity index (χ2v) is 17.7. The Bertz CT molecular complexity index is 2020. The molecule has 0 aromatic rings. The maximum atomic E-state index is 14.4. The summed E-state index contributed by atoms with van der Waals surface area (Å²) in [6.07, 6.45) is 0.162. The molecule has 0 amide bonds. The summed E-state index contributed by atoms with van der Waals surface area (Å²) < 4.78 is 28.8. The Hall–Kier alpha value is -3.85. The van der Waals surface area contributed by atoms with Crippen molar-refractivity contribution >= 4 is 29.8 Å². The van der Waals surface area contributed by atoms with Crippen molar-refractivity contribution < 1.29 is 68.1 Å². The molecule has 282 valence electrons. The van der Waals surface area contributed by atoms with Crippen LogP contribution in [0.15, 0.2) is 45.1 Å². The highest BCUT2D eigenvalue weighted by atomic mass is 16.7. The van der Waals surface area contributed by atoms with Crippen LogP contribution in [0.5, 0.6) is 0 Å². The summed E-state index contributed by atoms with van der Waals surface area (Å²) in [7, 11) is 0. The van der Waals surface area contributed by atoms with E-state index in [9.17, 15) is 44.4 Å². The SMILES string of the molecule is CC1=CC(=O)OCC2(O)C3CC3C3(C)C4CC5(O)C6=C(C7=C(C)C(=O)OC7(O)C(O)C6(C)C6CC65)C45OC(=O)C(=C5CC23)COC(=O)CCC(=O)OC1. The number of aliphatic hydroxyl groups is 4. The quantitative estimate of drug-likeness (QED) is 0.202.